The lowest BCUT2D eigenvalue weighted by atomic mass is 10.2. The Bertz CT molecular complexity index is 1200. The lowest BCUT2D eigenvalue weighted by Crippen LogP contribution is -2.32. The Labute approximate surface area is 198 Å². The van der Waals surface area contributed by atoms with Gasteiger partial charge in [-0.2, -0.15) is 4.98 Å². The third-order valence-electron chi connectivity index (χ3n) is 4.86. The number of hydrogen-bond donors (Lipinski definition) is 0. The molecular formula is C22H25ClN4O5S. The molecule has 1 heterocycles. The van der Waals surface area contributed by atoms with Crippen molar-refractivity contribution in [1.82, 2.24) is 15.0 Å². The van der Waals surface area contributed by atoms with E-state index in [1.807, 2.05) is 0 Å². The summed E-state index contributed by atoms with van der Waals surface area (Å²) in [5.41, 5.74) is 1.24. The Balaban J connectivity index is 1.56. The number of anilines is 1. The highest BCUT2D eigenvalue weighted by Gasteiger charge is 2.20. The number of benzene rings is 2. The Morgan fingerprint density at radius 1 is 1.18 bits per heavy atom. The van der Waals surface area contributed by atoms with Gasteiger partial charge in [0.1, 0.15) is 5.75 Å². The lowest BCUT2D eigenvalue weighted by molar-refractivity contribution is -0.130. The van der Waals surface area contributed by atoms with Gasteiger partial charge in [-0.25, -0.2) is 8.42 Å². The van der Waals surface area contributed by atoms with Gasteiger partial charge in [0.2, 0.25) is 27.6 Å². The van der Waals surface area contributed by atoms with Crippen LogP contribution in [0.5, 0.6) is 5.75 Å². The average molecular weight is 493 g/mol. The second kappa shape index (κ2) is 10.7. The van der Waals surface area contributed by atoms with Crippen molar-refractivity contribution in [2.75, 3.05) is 31.3 Å². The summed E-state index contributed by atoms with van der Waals surface area (Å²) in [7, 11) is -0.381. The maximum atomic E-state index is 12.6. The van der Waals surface area contributed by atoms with E-state index in [4.69, 9.17) is 20.9 Å². The molecule has 0 unspecified atom stereocenters. The van der Waals surface area contributed by atoms with Gasteiger partial charge in [-0.15, -0.1) is 0 Å². The minimum Gasteiger partial charge on any atom is -0.497 e. The first-order valence-corrected chi connectivity index (χ1v) is 12.3. The third-order valence-corrected chi connectivity index (χ3v) is 6.31. The molecule has 0 spiro atoms. The quantitative estimate of drug-likeness (QED) is 0.425. The Morgan fingerprint density at radius 2 is 1.91 bits per heavy atom. The zero-order valence-electron chi connectivity index (χ0n) is 18.6. The molecule has 0 N–H and O–H groups in total. The topological polar surface area (TPSA) is 106 Å². The molecular weight excluding hydrogens is 468 g/mol. The predicted octanol–water partition coefficient (Wildman–Crippen LogP) is 3.60. The summed E-state index contributed by atoms with van der Waals surface area (Å²) in [6.07, 6.45) is 1.63. The molecule has 2 aromatic carbocycles. The van der Waals surface area contributed by atoms with Crippen molar-refractivity contribution in [1.29, 1.82) is 0 Å². The van der Waals surface area contributed by atoms with Gasteiger partial charge < -0.3 is 14.2 Å². The van der Waals surface area contributed by atoms with E-state index in [2.05, 4.69) is 10.1 Å². The van der Waals surface area contributed by atoms with Gasteiger partial charge >= 0.3 is 0 Å². The highest BCUT2D eigenvalue weighted by molar-refractivity contribution is 7.92. The minimum absolute atomic E-state index is 0.144. The van der Waals surface area contributed by atoms with Crippen LogP contribution in [0.2, 0.25) is 5.02 Å². The number of carbonyl (C=O) groups excluding carboxylic acids is 1. The van der Waals surface area contributed by atoms with E-state index in [-0.39, 0.29) is 25.4 Å². The largest absolute Gasteiger partial charge is 0.497 e. The molecule has 176 valence electrons. The maximum Gasteiger partial charge on any atom is 0.246 e. The molecule has 1 aromatic heterocycles. The highest BCUT2D eigenvalue weighted by Crippen LogP contribution is 2.24. The van der Waals surface area contributed by atoms with E-state index in [1.165, 1.54) is 16.3 Å². The number of rotatable bonds is 10. The fourth-order valence-corrected chi connectivity index (χ4v) is 4.23. The summed E-state index contributed by atoms with van der Waals surface area (Å²) >= 11 is 5.89. The molecule has 0 saturated heterocycles. The average Bonchev–Trinajstić information content (AvgIpc) is 3.24. The van der Waals surface area contributed by atoms with E-state index >= 15 is 0 Å². The molecule has 3 aromatic rings. The molecule has 0 aliphatic carbocycles. The first-order valence-electron chi connectivity index (χ1n) is 10.1. The number of ether oxygens (including phenoxy) is 1. The molecule has 9 nitrogen and oxygen atoms in total. The molecule has 0 aliphatic heterocycles. The number of sulfonamides is 1. The summed E-state index contributed by atoms with van der Waals surface area (Å²) in [6, 6.07) is 13.8. The summed E-state index contributed by atoms with van der Waals surface area (Å²) in [5.74, 6) is 1.09. The van der Waals surface area contributed by atoms with Gasteiger partial charge in [0.25, 0.3) is 0 Å². The summed E-state index contributed by atoms with van der Waals surface area (Å²) in [4.78, 5) is 18.3. The van der Waals surface area contributed by atoms with Crippen molar-refractivity contribution in [3.05, 3.63) is 59.4 Å². The Morgan fingerprint density at radius 3 is 2.58 bits per heavy atom. The number of aromatic nitrogens is 2. The van der Waals surface area contributed by atoms with E-state index in [9.17, 15) is 13.2 Å². The molecule has 0 radical (unpaired) electrons. The minimum atomic E-state index is -3.52. The molecule has 0 atom stereocenters. The van der Waals surface area contributed by atoms with Crippen LogP contribution in [0, 0.1) is 0 Å². The smallest absolute Gasteiger partial charge is 0.246 e. The van der Waals surface area contributed by atoms with E-state index in [1.54, 1.807) is 55.6 Å². The van der Waals surface area contributed by atoms with Crippen LogP contribution in [0.15, 0.2) is 53.1 Å². The van der Waals surface area contributed by atoms with E-state index in [0.717, 1.165) is 11.8 Å². The van der Waals surface area contributed by atoms with Crippen molar-refractivity contribution < 1.29 is 22.5 Å². The molecule has 0 aliphatic rings. The molecule has 0 bridgehead atoms. The summed E-state index contributed by atoms with van der Waals surface area (Å²) in [5, 5.41) is 4.54. The van der Waals surface area contributed by atoms with Gasteiger partial charge in [0, 0.05) is 36.7 Å². The van der Waals surface area contributed by atoms with Gasteiger partial charge in [0.15, 0.2) is 0 Å². The first-order chi connectivity index (χ1) is 15.7. The van der Waals surface area contributed by atoms with Crippen LogP contribution in [-0.4, -0.2) is 56.3 Å². The number of carbonyl (C=O) groups is 1. The normalized spacial score (nSPS) is 11.3. The molecule has 0 saturated carbocycles. The van der Waals surface area contributed by atoms with Gasteiger partial charge in [-0.1, -0.05) is 22.8 Å². The van der Waals surface area contributed by atoms with Crippen molar-refractivity contribution in [3.63, 3.8) is 0 Å². The van der Waals surface area contributed by atoms with Crippen molar-refractivity contribution >= 4 is 33.2 Å². The summed E-state index contributed by atoms with van der Waals surface area (Å²) < 4.78 is 36.2. The fourth-order valence-electron chi connectivity index (χ4n) is 3.14. The molecule has 11 heteroatoms. The zero-order valence-corrected chi connectivity index (χ0v) is 20.1. The van der Waals surface area contributed by atoms with Crippen LogP contribution >= 0.6 is 11.6 Å². The van der Waals surface area contributed by atoms with Crippen LogP contribution in [0.3, 0.4) is 0 Å². The van der Waals surface area contributed by atoms with Crippen LogP contribution < -0.4 is 9.04 Å². The number of methoxy groups -OCH3 is 1. The SMILES string of the molecule is COc1cccc(N(CCCC(=O)N(C)Cc2nc(-c3ccc(Cl)cc3)no2)S(C)(=O)=O)c1. The molecule has 33 heavy (non-hydrogen) atoms. The van der Waals surface area contributed by atoms with Gasteiger partial charge in [-0.05, 0) is 42.8 Å². The molecule has 1 amide bonds. The van der Waals surface area contributed by atoms with Gasteiger partial charge in [-0.3, -0.25) is 9.10 Å². The van der Waals surface area contributed by atoms with Crippen molar-refractivity contribution in [3.8, 4) is 17.1 Å². The number of amides is 1. The second-order valence-corrected chi connectivity index (χ2v) is 9.75. The van der Waals surface area contributed by atoms with Crippen LogP contribution in [0.4, 0.5) is 5.69 Å². The summed E-state index contributed by atoms with van der Waals surface area (Å²) in [6.45, 7) is 0.304. The first kappa shape index (κ1) is 24.5. The molecule has 3 rings (SSSR count). The predicted molar refractivity (Wildman–Crippen MR) is 126 cm³/mol. The number of nitrogens with zero attached hydrogens (tertiary/aromatic N) is 4. The number of halogens is 1. The highest BCUT2D eigenvalue weighted by atomic mass is 35.5. The van der Waals surface area contributed by atoms with Crippen LogP contribution in [0.25, 0.3) is 11.4 Å². The van der Waals surface area contributed by atoms with Crippen molar-refractivity contribution in [2.45, 2.75) is 19.4 Å². The fraction of sp³-hybridized carbons (Fsp3) is 0.318. The van der Waals surface area contributed by atoms with Crippen LogP contribution in [0.1, 0.15) is 18.7 Å². The third kappa shape index (κ3) is 6.69. The van der Waals surface area contributed by atoms with Gasteiger partial charge in [0.05, 0.1) is 25.6 Å². The van der Waals surface area contributed by atoms with E-state index in [0.29, 0.717) is 34.6 Å². The monoisotopic (exact) mass is 492 g/mol. The lowest BCUT2D eigenvalue weighted by Gasteiger charge is -2.23. The second-order valence-electron chi connectivity index (χ2n) is 7.41. The number of hydrogen-bond acceptors (Lipinski definition) is 7. The Hall–Kier alpha value is -3.11. The molecule has 0 fully saturated rings. The maximum absolute atomic E-state index is 12.6. The van der Waals surface area contributed by atoms with E-state index < -0.39 is 10.0 Å². The zero-order chi connectivity index (χ0) is 24.0. The Kier molecular flexibility index (Phi) is 7.93. The van der Waals surface area contributed by atoms with Crippen LogP contribution in [-0.2, 0) is 21.4 Å². The standard InChI is InChI=1S/C22H25ClN4O5S/c1-26(15-20-24-22(25-32-20)16-9-11-17(23)12-10-16)21(28)8-5-13-27(33(3,29)30)18-6-4-7-19(14-18)31-2/h4,6-7,9-12,14H,5,8,13,15H2,1-3H3. The van der Waals surface area contributed by atoms with Crippen molar-refractivity contribution in [2.24, 2.45) is 0 Å².